The summed E-state index contributed by atoms with van der Waals surface area (Å²) in [6.07, 6.45) is 1.69. The summed E-state index contributed by atoms with van der Waals surface area (Å²) in [4.78, 5) is 16.6. The van der Waals surface area contributed by atoms with Gasteiger partial charge in [0.2, 0.25) is 15.9 Å². The van der Waals surface area contributed by atoms with Gasteiger partial charge in [-0.1, -0.05) is 32.9 Å². The molecule has 0 fully saturated rings. The van der Waals surface area contributed by atoms with Crippen LogP contribution >= 0.6 is 11.3 Å². The van der Waals surface area contributed by atoms with Crippen molar-refractivity contribution < 1.29 is 13.2 Å². The van der Waals surface area contributed by atoms with Gasteiger partial charge in [-0.25, -0.2) is 13.1 Å². The van der Waals surface area contributed by atoms with E-state index in [0.717, 1.165) is 22.4 Å². The molecule has 1 amide bonds. The van der Waals surface area contributed by atoms with Gasteiger partial charge in [-0.2, -0.15) is 11.3 Å². The highest BCUT2D eigenvalue weighted by molar-refractivity contribution is 7.89. The highest BCUT2D eigenvalue weighted by atomic mass is 32.2. The smallest absolute Gasteiger partial charge is 0.241 e. The summed E-state index contributed by atoms with van der Waals surface area (Å²) < 4.78 is 27.3. The molecule has 0 aliphatic rings. The first-order valence-electron chi connectivity index (χ1n) is 9.49. The number of carbonyl (C=O) groups is 1. The number of amides is 1. The molecule has 0 saturated heterocycles. The molecule has 158 valence electrons. The Balaban J connectivity index is 1.55. The summed E-state index contributed by atoms with van der Waals surface area (Å²) in [7, 11) is -3.76. The molecule has 30 heavy (non-hydrogen) atoms. The lowest BCUT2D eigenvalue weighted by Gasteiger charge is -2.19. The van der Waals surface area contributed by atoms with Crippen molar-refractivity contribution in [3.63, 3.8) is 0 Å². The van der Waals surface area contributed by atoms with Crippen molar-refractivity contribution in [2.75, 3.05) is 6.54 Å². The van der Waals surface area contributed by atoms with Gasteiger partial charge in [0.15, 0.2) is 0 Å². The van der Waals surface area contributed by atoms with Gasteiger partial charge in [0.25, 0.3) is 0 Å². The van der Waals surface area contributed by atoms with Crippen LogP contribution in [0.3, 0.4) is 0 Å². The van der Waals surface area contributed by atoms with E-state index in [9.17, 15) is 13.2 Å². The average Bonchev–Trinajstić information content (AvgIpc) is 3.25. The quantitative estimate of drug-likeness (QED) is 0.583. The Morgan fingerprint density at radius 1 is 1.10 bits per heavy atom. The molecule has 0 atom stereocenters. The minimum Gasteiger partial charge on any atom is -0.351 e. The van der Waals surface area contributed by atoms with Gasteiger partial charge in [0.05, 0.1) is 17.1 Å². The van der Waals surface area contributed by atoms with Crippen molar-refractivity contribution in [1.82, 2.24) is 15.0 Å². The first-order chi connectivity index (χ1) is 14.1. The van der Waals surface area contributed by atoms with Gasteiger partial charge < -0.3 is 5.32 Å². The number of benzene rings is 1. The predicted octanol–water partition coefficient (Wildman–Crippen LogP) is 3.70. The monoisotopic (exact) mass is 443 g/mol. The van der Waals surface area contributed by atoms with Crippen LogP contribution in [0.4, 0.5) is 0 Å². The zero-order valence-electron chi connectivity index (χ0n) is 17.2. The molecule has 1 aromatic carbocycles. The summed E-state index contributed by atoms with van der Waals surface area (Å²) in [5.41, 5.74) is 3.73. The van der Waals surface area contributed by atoms with Crippen LogP contribution in [0.15, 0.2) is 64.3 Å². The molecule has 2 heterocycles. The Labute approximate surface area is 181 Å². The first-order valence-corrected chi connectivity index (χ1v) is 11.9. The second-order valence-corrected chi connectivity index (χ2v) is 10.5. The number of nitrogens with zero attached hydrogens (tertiary/aromatic N) is 1. The lowest BCUT2D eigenvalue weighted by atomic mass is 9.87. The SMILES string of the molecule is CC(C)(C)c1ccc(S(=O)(=O)NCC(=O)NCc2ccnc(-c3ccsc3)c2)cc1. The number of aromatic nitrogens is 1. The maximum Gasteiger partial charge on any atom is 0.241 e. The number of rotatable bonds is 7. The van der Waals surface area contributed by atoms with Gasteiger partial charge in [0.1, 0.15) is 0 Å². The number of nitrogens with one attached hydrogen (secondary N) is 2. The molecule has 8 heteroatoms. The van der Waals surface area contributed by atoms with Crippen LogP contribution < -0.4 is 10.0 Å². The molecule has 0 bridgehead atoms. The fourth-order valence-electron chi connectivity index (χ4n) is 2.79. The number of carbonyl (C=O) groups excluding carboxylic acids is 1. The van der Waals surface area contributed by atoms with E-state index in [1.165, 1.54) is 0 Å². The van der Waals surface area contributed by atoms with Crippen molar-refractivity contribution in [3.8, 4) is 11.3 Å². The van der Waals surface area contributed by atoms with Crippen LogP contribution in [-0.2, 0) is 26.8 Å². The Hall–Kier alpha value is -2.55. The molecule has 2 N–H and O–H groups in total. The Morgan fingerprint density at radius 3 is 2.47 bits per heavy atom. The number of thiophene rings is 1. The van der Waals surface area contributed by atoms with Gasteiger partial charge in [-0.05, 0) is 52.3 Å². The van der Waals surface area contributed by atoms with E-state index in [-0.39, 0.29) is 16.9 Å². The Kier molecular flexibility index (Phi) is 6.70. The highest BCUT2D eigenvalue weighted by Gasteiger charge is 2.18. The molecule has 0 aliphatic carbocycles. The molecule has 0 radical (unpaired) electrons. The summed E-state index contributed by atoms with van der Waals surface area (Å²) in [6, 6.07) is 12.4. The summed E-state index contributed by atoms with van der Waals surface area (Å²) in [5, 5.41) is 6.72. The van der Waals surface area contributed by atoms with Gasteiger partial charge in [-0.15, -0.1) is 0 Å². The highest BCUT2D eigenvalue weighted by Crippen LogP contribution is 2.23. The maximum absolute atomic E-state index is 12.4. The normalized spacial score (nSPS) is 12.0. The molecular formula is C22H25N3O3S2. The van der Waals surface area contributed by atoms with E-state index in [0.29, 0.717) is 6.54 Å². The summed E-state index contributed by atoms with van der Waals surface area (Å²) >= 11 is 1.59. The molecule has 0 unspecified atom stereocenters. The molecule has 2 aromatic heterocycles. The average molecular weight is 444 g/mol. The summed E-state index contributed by atoms with van der Waals surface area (Å²) in [5.74, 6) is -0.404. The van der Waals surface area contributed by atoms with Crippen LogP contribution in [0, 0.1) is 0 Å². The zero-order chi connectivity index (χ0) is 21.8. The van der Waals surface area contributed by atoms with E-state index >= 15 is 0 Å². The Bertz CT molecular complexity index is 1100. The minimum atomic E-state index is -3.76. The third kappa shape index (κ3) is 5.75. The van der Waals surface area contributed by atoms with Gasteiger partial charge in [0, 0.05) is 23.7 Å². The van der Waals surface area contributed by atoms with E-state index < -0.39 is 15.9 Å². The first kappa shape index (κ1) is 22.1. The largest absolute Gasteiger partial charge is 0.351 e. The van der Waals surface area contributed by atoms with E-state index in [2.05, 4.69) is 35.8 Å². The minimum absolute atomic E-state index is 0.0636. The molecular weight excluding hydrogens is 418 g/mol. The zero-order valence-corrected chi connectivity index (χ0v) is 18.8. The van der Waals surface area contributed by atoms with E-state index in [1.54, 1.807) is 41.8 Å². The second kappa shape index (κ2) is 9.07. The summed E-state index contributed by atoms with van der Waals surface area (Å²) in [6.45, 7) is 6.15. The van der Waals surface area contributed by atoms with Crippen LogP contribution in [0.5, 0.6) is 0 Å². The third-order valence-electron chi connectivity index (χ3n) is 4.58. The third-order valence-corrected chi connectivity index (χ3v) is 6.68. The molecule has 0 saturated carbocycles. The van der Waals surface area contributed by atoms with Crippen LogP contribution in [0.1, 0.15) is 31.9 Å². The molecule has 0 spiro atoms. The lowest BCUT2D eigenvalue weighted by Crippen LogP contribution is -2.36. The maximum atomic E-state index is 12.4. The molecule has 3 aromatic rings. The molecule has 6 nitrogen and oxygen atoms in total. The van der Waals surface area contributed by atoms with Gasteiger partial charge in [-0.3, -0.25) is 9.78 Å². The fourth-order valence-corrected chi connectivity index (χ4v) is 4.43. The van der Waals surface area contributed by atoms with Gasteiger partial charge >= 0.3 is 0 Å². The lowest BCUT2D eigenvalue weighted by molar-refractivity contribution is -0.120. The van der Waals surface area contributed by atoms with Crippen molar-refractivity contribution in [2.45, 2.75) is 37.6 Å². The van der Waals surface area contributed by atoms with E-state index in [1.807, 2.05) is 29.0 Å². The van der Waals surface area contributed by atoms with Crippen molar-refractivity contribution in [2.24, 2.45) is 0 Å². The number of hydrogen-bond donors (Lipinski definition) is 2. The fraction of sp³-hybridized carbons (Fsp3) is 0.273. The molecule has 0 aliphatic heterocycles. The van der Waals surface area contributed by atoms with Crippen molar-refractivity contribution in [1.29, 1.82) is 0 Å². The number of pyridine rings is 1. The van der Waals surface area contributed by atoms with Crippen LogP contribution in [0.25, 0.3) is 11.3 Å². The van der Waals surface area contributed by atoms with Crippen molar-refractivity contribution in [3.05, 3.63) is 70.5 Å². The number of hydrogen-bond acceptors (Lipinski definition) is 5. The molecule has 3 rings (SSSR count). The topological polar surface area (TPSA) is 88.2 Å². The number of sulfonamides is 1. The van der Waals surface area contributed by atoms with E-state index in [4.69, 9.17) is 0 Å². The van der Waals surface area contributed by atoms with Crippen LogP contribution in [0.2, 0.25) is 0 Å². The second-order valence-electron chi connectivity index (χ2n) is 7.94. The predicted molar refractivity (Wildman–Crippen MR) is 120 cm³/mol. The Morgan fingerprint density at radius 2 is 1.83 bits per heavy atom. The van der Waals surface area contributed by atoms with Crippen LogP contribution in [-0.4, -0.2) is 25.9 Å². The standard InChI is InChI=1S/C22H25N3O3S2/c1-22(2,3)18-4-6-19(7-5-18)30(27,28)25-14-21(26)24-13-16-8-10-23-20(12-16)17-9-11-29-15-17/h4-12,15,25H,13-14H2,1-3H3,(H,24,26). The van der Waals surface area contributed by atoms with Crippen molar-refractivity contribution >= 4 is 27.3 Å².